The predicted octanol–water partition coefficient (Wildman–Crippen LogP) is 4.99. The van der Waals surface area contributed by atoms with E-state index in [0.717, 1.165) is 36.0 Å². The zero-order valence-corrected chi connectivity index (χ0v) is 23.6. The van der Waals surface area contributed by atoms with Gasteiger partial charge in [-0.25, -0.2) is 13.1 Å². The van der Waals surface area contributed by atoms with Gasteiger partial charge in [0.2, 0.25) is 21.8 Å². The van der Waals surface area contributed by atoms with E-state index in [0.29, 0.717) is 26.1 Å². The summed E-state index contributed by atoms with van der Waals surface area (Å²) < 4.78 is 27.0. The van der Waals surface area contributed by atoms with Crippen LogP contribution in [0.4, 0.5) is 0 Å². The number of nitrogens with zero attached hydrogens (tertiary/aromatic N) is 1. The number of aryl methyl sites for hydroxylation is 1. The lowest BCUT2D eigenvalue weighted by atomic mass is 10.0. The number of benzene rings is 3. The van der Waals surface area contributed by atoms with Gasteiger partial charge in [-0.05, 0) is 41.7 Å². The second-order valence-corrected chi connectivity index (χ2v) is 11.2. The quantitative estimate of drug-likeness (QED) is 0.261. The van der Waals surface area contributed by atoms with Gasteiger partial charge in [0.15, 0.2) is 0 Å². The van der Waals surface area contributed by atoms with Gasteiger partial charge in [0, 0.05) is 26.1 Å². The maximum atomic E-state index is 13.8. The van der Waals surface area contributed by atoms with E-state index in [-0.39, 0.29) is 23.1 Å². The molecule has 2 N–H and O–H groups in total. The minimum Gasteiger partial charge on any atom is -0.354 e. The third-order valence-electron chi connectivity index (χ3n) is 6.47. The minimum absolute atomic E-state index is 0.152. The van der Waals surface area contributed by atoms with Crippen molar-refractivity contribution in [3.05, 3.63) is 102 Å². The van der Waals surface area contributed by atoms with E-state index < -0.39 is 16.1 Å². The van der Waals surface area contributed by atoms with Crippen molar-refractivity contribution < 1.29 is 18.0 Å². The van der Waals surface area contributed by atoms with E-state index >= 15 is 0 Å². The molecule has 0 aliphatic heterocycles. The molecule has 0 unspecified atom stereocenters. The average molecular weight is 550 g/mol. The first-order valence-electron chi connectivity index (χ1n) is 13.6. The third kappa shape index (κ3) is 9.04. The molecule has 0 saturated carbocycles. The maximum absolute atomic E-state index is 13.8. The van der Waals surface area contributed by atoms with Gasteiger partial charge in [0.05, 0.1) is 4.90 Å². The zero-order chi connectivity index (χ0) is 28.1. The van der Waals surface area contributed by atoms with Crippen LogP contribution in [0.1, 0.15) is 62.3 Å². The summed E-state index contributed by atoms with van der Waals surface area (Å²) in [5, 5.41) is 3.05. The van der Waals surface area contributed by atoms with E-state index in [4.69, 9.17) is 0 Å². The summed E-state index contributed by atoms with van der Waals surface area (Å²) in [6.45, 7) is 5.01. The van der Waals surface area contributed by atoms with Crippen LogP contribution >= 0.6 is 0 Å². The lowest BCUT2D eigenvalue weighted by Gasteiger charge is -2.32. The topological polar surface area (TPSA) is 95.6 Å². The molecule has 0 radical (unpaired) electrons. The van der Waals surface area contributed by atoms with Crippen molar-refractivity contribution in [3.63, 3.8) is 0 Å². The molecular weight excluding hydrogens is 510 g/mol. The smallest absolute Gasteiger partial charge is 0.247 e. The second kappa shape index (κ2) is 15.2. The Balaban J connectivity index is 1.84. The number of nitrogens with one attached hydrogen (secondary N) is 2. The summed E-state index contributed by atoms with van der Waals surface area (Å²) in [5.74, 6) is -0.347. The fraction of sp³-hybridized carbons (Fsp3) is 0.355. The number of amides is 2. The molecule has 0 bridgehead atoms. The first-order valence-corrected chi connectivity index (χ1v) is 15.1. The molecule has 0 saturated heterocycles. The molecule has 7 nitrogen and oxygen atoms in total. The van der Waals surface area contributed by atoms with Crippen LogP contribution in [0.5, 0.6) is 0 Å². The standard InChI is InChI=1S/C31H39N3O4S/c1-3-5-12-23-32-31(36)30(27-15-10-7-11-16-27)34(24-26-13-8-6-9-14-26)29(35)22-19-25-17-20-28(21-18-25)39(37,38)33-4-2/h6-11,13-18,20-21,30,33H,3-5,12,19,22-24H2,1-2H3,(H,32,36)/t30-/m1/s1. The van der Waals surface area contributed by atoms with Crippen LogP contribution in [0.3, 0.4) is 0 Å². The van der Waals surface area contributed by atoms with Crippen molar-refractivity contribution >= 4 is 21.8 Å². The molecule has 0 aromatic heterocycles. The van der Waals surface area contributed by atoms with Crippen molar-refractivity contribution in [2.45, 2.75) is 63.4 Å². The molecule has 0 fully saturated rings. The minimum atomic E-state index is -3.54. The van der Waals surface area contributed by atoms with Gasteiger partial charge in [-0.15, -0.1) is 0 Å². The van der Waals surface area contributed by atoms with Gasteiger partial charge >= 0.3 is 0 Å². The van der Waals surface area contributed by atoms with Crippen LogP contribution in [-0.2, 0) is 32.6 Å². The Bertz CT molecular complexity index is 1280. The first kappa shape index (κ1) is 30.1. The molecule has 0 spiro atoms. The summed E-state index contributed by atoms with van der Waals surface area (Å²) in [4.78, 5) is 29.1. The maximum Gasteiger partial charge on any atom is 0.247 e. The highest BCUT2D eigenvalue weighted by Crippen LogP contribution is 2.25. The Hall–Kier alpha value is -3.49. The van der Waals surface area contributed by atoms with Gasteiger partial charge < -0.3 is 10.2 Å². The number of hydrogen-bond acceptors (Lipinski definition) is 4. The van der Waals surface area contributed by atoms with Gasteiger partial charge in [-0.1, -0.05) is 99.5 Å². The lowest BCUT2D eigenvalue weighted by Crippen LogP contribution is -2.43. The highest BCUT2D eigenvalue weighted by atomic mass is 32.2. The van der Waals surface area contributed by atoms with Gasteiger partial charge in [-0.3, -0.25) is 9.59 Å². The predicted molar refractivity (Wildman–Crippen MR) is 154 cm³/mol. The van der Waals surface area contributed by atoms with Gasteiger partial charge in [-0.2, -0.15) is 0 Å². The fourth-order valence-corrected chi connectivity index (χ4v) is 5.44. The Morgan fingerprint density at radius 2 is 1.46 bits per heavy atom. The summed E-state index contributed by atoms with van der Waals surface area (Å²) in [5.41, 5.74) is 2.54. The van der Waals surface area contributed by atoms with Crippen LogP contribution in [-0.4, -0.2) is 38.2 Å². The highest BCUT2D eigenvalue weighted by molar-refractivity contribution is 7.89. The molecule has 0 aliphatic rings. The molecule has 3 aromatic rings. The van der Waals surface area contributed by atoms with E-state index in [9.17, 15) is 18.0 Å². The molecule has 0 heterocycles. The molecule has 39 heavy (non-hydrogen) atoms. The number of unbranched alkanes of at least 4 members (excludes halogenated alkanes) is 2. The van der Waals surface area contributed by atoms with E-state index in [1.165, 1.54) is 0 Å². The molecule has 3 aromatic carbocycles. The SMILES string of the molecule is CCCCCNC(=O)[C@@H](c1ccccc1)N(Cc1ccccc1)C(=O)CCc1ccc(S(=O)(=O)NCC)cc1. The van der Waals surface area contributed by atoms with Crippen molar-refractivity contribution in [2.75, 3.05) is 13.1 Å². The number of carbonyl (C=O) groups is 2. The van der Waals surface area contributed by atoms with Crippen LogP contribution in [0.15, 0.2) is 89.8 Å². The first-order chi connectivity index (χ1) is 18.9. The van der Waals surface area contributed by atoms with Crippen LogP contribution in [0.25, 0.3) is 0 Å². The Labute approximate surface area is 232 Å². The van der Waals surface area contributed by atoms with Crippen LogP contribution in [0.2, 0.25) is 0 Å². The van der Waals surface area contributed by atoms with Crippen molar-refractivity contribution in [2.24, 2.45) is 0 Å². The zero-order valence-electron chi connectivity index (χ0n) is 22.8. The third-order valence-corrected chi connectivity index (χ3v) is 8.03. The van der Waals surface area contributed by atoms with Gasteiger partial charge in [0.25, 0.3) is 0 Å². The van der Waals surface area contributed by atoms with Crippen LogP contribution in [0, 0.1) is 0 Å². The largest absolute Gasteiger partial charge is 0.354 e. The number of hydrogen-bond donors (Lipinski definition) is 2. The van der Waals surface area contributed by atoms with E-state index in [2.05, 4.69) is 17.0 Å². The monoisotopic (exact) mass is 549 g/mol. The Morgan fingerprint density at radius 3 is 2.08 bits per heavy atom. The van der Waals surface area contributed by atoms with Crippen LogP contribution < -0.4 is 10.0 Å². The number of sulfonamides is 1. The summed E-state index contributed by atoms with van der Waals surface area (Å²) >= 11 is 0. The van der Waals surface area contributed by atoms with Crippen molar-refractivity contribution in [3.8, 4) is 0 Å². The average Bonchev–Trinajstić information content (AvgIpc) is 2.95. The summed E-state index contributed by atoms with van der Waals surface area (Å²) in [6.07, 6.45) is 3.57. The van der Waals surface area contributed by atoms with Crippen molar-refractivity contribution in [1.82, 2.24) is 14.9 Å². The molecule has 8 heteroatoms. The summed E-state index contributed by atoms with van der Waals surface area (Å²) in [7, 11) is -3.54. The summed E-state index contributed by atoms with van der Waals surface area (Å²) in [6, 6.07) is 24.9. The van der Waals surface area contributed by atoms with E-state index in [1.807, 2.05) is 60.7 Å². The Morgan fingerprint density at radius 1 is 0.821 bits per heavy atom. The number of rotatable bonds is 15. The lowest BCUT2D eigenvalue weighted by molar-refractivity contribution is -0.141. The van der Waals surface area contributed by atoms with E-state index in [1.54, 1.807) is 36.1 Å². The molecule has 0 aliphatic carbocycles. The Kier molecular flexibility index (Phi) is 11.7. The molecular formula is C31H39N3O4S. The normalized spacial score (nSPS) is 12.1. The molecule has 2 amide bonds. The molecule has 3 rings (SSSR count). The van der Waals surface area contributed by atoms with Crippen molar-refractivity contribution in [1.29, 1.82) is 0 Å². The molecule has 208 valence electrons. The van der Waals surface area contributed by atoms with Gasteiger partial charge in [0.1, 0.15) is 6.04 Å². The number of carbonyl (C=O) groups excluding carboxylic acids is 2. The second-order valence-electron chi connectivity index (χ2n) is 9.46. The fourth-order valence-electron chi connectivity index (χ4n) is 4.40. The highest BCUT2D eigenvalue weighted by Gasteiger charge is 2.31. The molecule has 1 atom stereocenters.